The first kappa shape index (κ1) is 16.7. The van der Waals surface area contributed by atoms with E-state index in [9.17, 15) is 19.5 Å². The number of carbonyl (C=O) groups is 3. The molecule has 3 aliphatic heterocycles. The highest BCUT2D eigenvalue weighted by Crippen LogP contribution is 2.36. The maximum atomic E-state index is 12.8. The maximum Gasteiger partial charge on any atom is 0.326 e. The summed E-state index contributed by atoms with van der Waals surface area (Å²) in [6.45, 7) is 1.76. The third-order valence-corrected chi connectivity index (χ3v) is 5.16. The molecule has 0 aliphatic carbocycles. The number of nitrogens with zero attached hydrogens (tertiary/aromatic N) is 2. The first-order chi connectivity index (χ1) is 12.6. The molecule has 3 aliphatic rings. The van der Waals surface area contributed by atoms with E-state index in [1.54, 1.807) is 23.1 Å². The number of amides is 2. The van der Waals surface area contributed by atoms with Gasteiger partial charge in [0.2, 0.25) is 11.8 Å². The largest absolute Gasteiger partial charge is 0.486 e. The molecule has 8 nitrogen and oxygen atoms in total. The number of hydrogen-bond donors (Lipinski definition) is 1. The molecule has 0 aromatic heterocycles. The third kappa shape index (κ3) is 2.75. The van der Waals surface area contributed by atoms with E-state index in [1.807, 2.05) is 0 Å². The van der Waals surface area contributed by atoms with Crippen LogP contribution in [-0.4, -0.2) is 60.1 Å². The van der Waals surface area contributed by atoms with E-state index < -0.39 is 17.9 Å². The second-order valence-electron chi connectivity index (χ2n) is 6.69. The molecule has 3 heterocycles. The lowest BCUT2D eigenvalue weighted by Gasteiger charge is -2.25. The zero-order chi connectivity index (χ0) is 18.3. The van der Waals surface area contributed by atoms with E-state index in [4.69, 9.17) is 9.47 Å². The average molecular weight is 360 g/mol. The monoisotopic (exact) mass is 360 g/mol. The summed E-state index contributed by atoms with van der Waals surface area (Å²) < 4.78 is 11.0. The van der Waals surface area contributed by atoms with Crippen LogP contribution in [0.5, 0.6) is 11.5 Å². The quantitative estimate of drug-likeness (QED) is 0.804. The number of ether oxygens (including phenoxy) is 2. The second-order valence-corrected chi connectivity index (χ2v) is 6.69. The zero-order valence-corrected chi connectivity index (χ0v) is 14.2. The number of likely N-dealkylation sites (tertiary alicyclic amines) is 1. The zero-order valence-electron chi connectivity index (χ0n) is 14.2. The van der Waals surface area contributed by atoms with Gasteiger partial charge in [-0.25, -0.2) is 4.79 Å². The molecule has 0 saturated carbocycles. The van der Waals surface area contributed by atoms with E-state index >= 15 is 0 Å². The number of carboxylic acids is 1. The van der Waals surface area contributed by atoms with Crippen molar-refractivity contribution < 1.29 is 29.0 Å². The molecule has 2 fully saturated rings. The lowest BCUT2D eigenvalue weighted by atomic mass is 10.1. The summed E-state index contributed by atoms with van der Waals surface area (Å²) in [5.41, 5.74) is 0.658. The molecule has 1 aromatic rings. The Morgan fingerprint density at radius 3 is 2.62 bits per heavy atom. The van der Waals surface area contributed by atoms with Gasteiger partial charge in [-0.15, -0.1) is 0 Å². The molecule has 1 aromatic carbocycles. The Morgan fingerprint density at radius 2 is 1.85 bits per heavy atom. The van der Waals surface area contributed by atoms with Crippen LogP contribution >= 0.6 is 0 Å². The normalized spacial score (nSPS) is 24.8. The fourth-order valence-electron chi connectivity index (χ4n) is 3.85. The fraction of sp³-hybridized carbons (Fsp3) is 0.500. The van der Waals surface area contributed by atoms with Gasteiger partial charge in [-0.3, -0.25) is 9.59 Å². The van der Waals surface area contributed by atoms with Crippen molar-refractivity contribution >= 4 is 23.5 Å². The Morgan fingerprint density at radius 1 is 1.08 bits per heavy atom. The van der Waals surface area contributed by atoms with Crippen molar-refractivity contribution in [2.45, 2.75) is 25.3 Å². The molecule has 0 radical (unpaired) electrons. The minimum atomic E-state index is -1.01. The molecule has 1 unspecified atom stereocenters. The summed E-state index contributed by atoms with van der Waals surface area (Å²) in [5.74, 6) is -1.27. The topological polar surface area (TPSA) is 96.4 Å². The molecule has 0 bridgehead atoms. The number of carboxylic acid groups (broad SMARTS) is 1. The van der Waals surface area contributed by atoms with Gasteiger partial charge in [0.25, 0.3) is 0 Å². The van der Waals surface area contributed by atoms with Gasteiger partial charge in [0.15, 0.2) is 11.5 Å². The van der Waals surface area contributed by atoms with Crippen LogP contribution in [0.15, 0.2) is 18.2 Å². The molecule has 0 spiro atoms. The van der Waals surface area contributed by atoms with E-state index in [0.717, 1.165) is 0 Å². The number of rotatable bonds is 3. The summed E-state index contributed by atoms with van der Waals surface area (Å²) in [7, 11) is 0. The van der Waals surface area contributed by atoms with Crippen LogP contribution in [0.3, 0.4) is 0 Å². The van der Waals surface area contributed by atoms with E-state index in [1.165, 1.54) is 4.90 Å². The summed E-state index contributed by atoms with van der Waals surface area (Å²) in [6, 6.07) is 4.45. The minimum absolute atomic E-state index is 0.289. The lowest BCUT2D eigenvalue weighted by Crippen LogP contribution is -2.45. The van der Waals surface area contributed by atoms with Crippen molar-refractivity contribution in [3.63, 3.8) is 0 Å². The Kier molecular flexibility index (Phi) is 4.18. The first-order valence-corrected chi connectivity index (χ1v) is 8.80. The summed E-state index contributed by atoms with van der Waals surface area (Å²) in [6.07, 6.45) is 1.47. The fourth-order valence-corrected chi connectivity index (χ4v) is 3.85. The molecular weight excluding hydrogens is 340 g/mol. The Labute approximate surface area is 150 Å². The predicted molar refractivity (Wildman–Crippen MR) is 90.3 cm³/mol. The second kappa shape index (κ2) is 6.51. The van der Waals surface area contributed by atoms with Gasteiger partial charge in [-0.05, 0) is 31.4 Å². The first-order valence-electron chi connectivity index (χ1n) is 8.80. The van der Waals surface area contributed by atoms with Gasteiger partial charge in [0.1, 0.15) is 25.2 Å². The number of hydrogen-bond acceptors (Lipinski definition) is 5. The molecule has 4 rings (SSSR count). The summed E-state index contributed by atoms with van der Waals surface area (Å²) in [4.78, 5) is 39.8. The van der Waals surface area contributed by atoms with Gasteiger partial charge in [0, 0.05) is 24.8 Å². The molecule has 2 saturated heterocycles. The van der Waals surface area contributed by atoms with Gasteiger partial charge in [-0.2, -0.15) is 0 Å². The van der Waals surface area contributed by atoms with Crippen molar-refractivity contribution in [1.82, 2.24) is 4.90 Å². The molecule has 8 heteroatoms. The van der Waals surface area contributed by atoms with Gasteiger partial charge in [-0.1, -0.05) is 0 Å². The SMILES string of the molecule is O=C(O)[C@@H]1CCCN1C(=O)C1CCN(c2ccc3c(c2)OCCO3)C1=O. The number of carbonyl (C=O) groups excluding carboxylic acids is 2. The highest BCUT2D eigenvalue weighted by atomic mass is 16.6. The summed E-state index contributed by atoms with van der Waals surface area (Å²) in [5, 5.41) is 9.27. The number of anilines is 1. The van der Waals surface area contributed by atoms with Gasteiger partial charge < -0.3 is 24.4 Å². The predicted octanol–water partition coefficient (Wildman–Crippen LogP) is 0.886. The van der Waals surface area contributed by atoms with Crippen molar-refractivity contribution in [1.29, 1.82) is 0 Å². The molecule has 2 amide bonds. The molecule has 26 heavy (non-hydrogen) atoms. The number of benzene rings is 1. The Bertz CT molecular complexity index is 764. The van der Waals surface area contributed by atoms with E-state index in [0.29, 0.717) is 62.8 Å². The minimum Gasteiger partial charge on any atom is -0.486 e. The van der Waals surface area contributed by atoms with Crippen LogP contribution in [-0.2, 0) is 14.4 Å². The number of fused-ring (bicyclic) bond motifs is 1. The highest BCUT2D eigenvalue weighted by Gasteiger charge is 2.44. The van der Waals surface area contributed by atoms with Gasteiger partial charge >= 0.3 is 5.97 Å². The summed E-state index contributed by atoms with van der Waals surface area (Å²) >= 11 is 0. The van der Waals surface area contributed by atoms with Crippen LogP contribution in [0.25, 0.3) is 0 Å². The van der Waals surface area contributed by atoms with Crippen molar-refractivity contribution in [2.24, 2.45) is 5.92 Å². The molecule has 2 atom stereocenters. The third-order valence-electron chi connectivity index (χ3n) is 5.16. The molecule has 1 N–H and O–H groups in total. The van der Waals surface area contributed by atoms with Crippen molar-refractivity contribution in [3.05, 3.63) is 18.2 Å². The highest BCUT2D eigenvalue weighted by molar-refractivity contribution is 6.10. The van der Waals surface area contributed by atoms with Crippen LogP contribution in [0.2, 0.25) is 0 Å². The van der Waals surface area contributed by atoms with Crippen LogP contribution in [0, 0.1) is 5.92 Å². The molecular formula is C18H20N2O6. The Balaban J connectivity index is 1.51. The van der Waals surface area contributed by atoms with Crippen LogP contribution in [0.1, 0.15) is 19.3 Å². The molecule has 138 valence electrons. The Hall–Kier alpha value is -2.77. The standard InChI is InChI=1S/C18H20N2O6/c21-16-12(17(22)20-6-1-2-13(20)18(23)24)5-7-19(16)11-3-4-14-15(10-11)26-9-8-25-14/h3-4,10,12-13H,1-2,5-9H2,(H,23,24)/t12?,13-/m0/s1. The lowest BCUT2D eigenvalue weighted by molar-refractivity contribution is -0.151. The number of aliphatic carboxylic acids is 1. The van der Waals surface area contributed by atoms with Crippen LogP contribution in [0.4, 0.5) is 5.69 Å². The van der Waals surface area contributed by atoms with Crippen molar-refractivity contribution in [3.8, 4) is 11.5 Å². The maximum absolute atomic E-state index is 12.8. The van der Waals surface area contributed by atoms with E-state index in [2.05, 4.69) is 0 Å². The van der Waals surface area contributed by atoms with Crippen LogP contribution < -0.4 is 14.4 Å². The average Bonchev–Trinajstić information content (AvgIpc) is 3.28. The van der Waals surface area contributed by atoms with E-state index in [-0.39, 0.29) is 11.8 Å². The van der Waals surface area contributed by atoms with Gasteiger partial charge in [0.05, 0.1) is 0 Å². The smallest absolute Gasteiger partial charge is 0.326 e. The van der Waals surface area contributed by atoms with Crippen molar-refractivity contribution in [2.75, 3.05) is 31.2 Å².